The molecule has 1 aliphatic rings. The summed E-state index contributed by atoms with van der Waals surface area (Å²) >= 11 is 1.67. The summed E-state index contributed by atoms with van der Waals surface area (Å²) in [5, 5.41) is 2.79. The van der Waals surface area contributed by atoms with Crippen LogP contribution < -0.4 is 4.90 Å². The van der Waals surface area contributed by atoms with Gasteiger partial charge in [0.05, 0.1) is 15.8 Å². The van der Waals surface area contributed by atoms with Crippen molar-refractivity contribution >= 4 is 26.3 Å². The third kappa shape index (κ3) is 6.12. The summed E-state index contributed by atoms with van der Waals surface area (Å²) in [7, 11) is -3.44. The van der Waals surface area contributed by atoms with Crippen molar-refractivity contribution in [1.82, 2.24) is 4.98 Å². The Hall–Kier alpha value is -2.18. The molecule has 1 fully saturated rings. The number of rotatable bonds is 8. The highest BCUT2D eigenvalue weighted by molar-refractivity contribution is 7.92. The van der Waals surface area contributed by atoms with Crippen LogP contribution in [0.2, 0.25) is 0 Å². The van der Waals surface area contributed by atoms with Gasteiger partial charge in [-0.05, 0) is 59.8 Å². The van der Waals surface area contributed by atoms with E-state index in [0.717, 1.165) is 41.5 Å². The summed E-state index contributed by atoms with van der Waals surface area (Å²) in [4.78, 5) is 7.78. The Labute approximate surface area is 228 Å². The summed E-state index contributed by atoms with van der Waals surface area (Å²) < 4.78 is 28.3. The van der Waals surface area contributed by atoms with Crippen molar-refractivity contribution in [3.8, 4) is 0 Å². The van der Waals surface area contributed by atoms with Gasteiger partial charge in [-0.2, -0.15) is 0 Å². The number of benzene rings is 2. The molecule has 0 radical (unpaired) electrons. The van der Waals surface area contributed by atoms with E-state index in [2.05, 4.69) is 95.1 Å². The van der Waals surface area contributed by atoms with Gasteiger partial charge in [0, 0.05) is 24.9 Å². The van der Waals surface area contributed by atoms with Gasteiger partial charge in [0.1, 0.15) is 0 Å². The van der Waals surface area contributed by atoms with E-state index < -0.39 is 9.84 Å². The van der Waals surface area contributed by atoms with Crippen molar-refractivity contribution in [2.45, 2.75) is 95.6 Å². The van der Waals surface area contributed by atoms with Crippen molar-refractivity contribution < 1.29 is 8.42 Å². The van der Waals surface area contributed by atoms with Crippen molar-refractivity contribution in [2.75, 3.05) is 18.0 Å². The molecule has 200 valence electrons. The van der Waals surface area contributed by atoms with Gasteiger partial charge in [-0.1, -0.05) is 83.5 Å². The first-order chi connectivity index (χ1) is 17.5. The number of nitrogens with zero attached hydrogens (tertiary/aromatic N) is 2. The molecule has 0 spiro atoms. The molecular weight excluding hydrogens is 496 g/mol. The largest absolute Gasteiger partial charge is 0.348 e. The molecule has 0 bridgehead atoms. The zero-order valence-electron chi connectivity index (χ0n) is 23.4. The molecule has 1 aliphatic heterocycles. The van der Waals surface area contributed by atoms with Gasteiger partial charge in [0.2, 0.25) is 0 Å². The molecule has 2 heterocycles. The first kappa shape index (κ1) is 27.8. The zero-order valence-corrected chi connectivity index (χ0v) is 25.0. The van der Waals surface area contributed by atoms with E-state index >= 15 is 0 Å². The Kier molecular flexibility index (Phi) is 8.49. The summed E-state index contributed by atoms with van der Waals surface area (Å²) in [6.45, 7) is 16.4. The molecule has 3 aromatic rings. The minimum atomic E-state index is -3.44. The maximum Gasteiger partial charge on any atom is 0.185 e. The van der Waals surface area contributed by atoms with Crippen molar-refractivity contribution in [1.29, 1.82) is 0 Å². The Morgan fingerprint density at radius 3 is 2.11 bits per heavy atom. The highest BCUT2D eigenvalue weighted by atomic mass is 32.2. The van der Waals surface area contributed by atoms with Crippen LogP contribution in [-0.2, 0) is 16.3 Å². The van der Waals surface area contributed by atoms with Gasteiger partial charge in [-0.3, -0.25) is 0 Å². The summed E-state index contributed by atoms with van der Waals surface area (Å²) in [6.07, 6.45) is 2.09. The fourth-order valence-electron chi connectivity index (χ4n) is 5.30. The third-order valence-corrected chi connectivity index (χ3v) is 10.9. The molecule has 37 heavy (non-hydrogen) atoms. The average molecular weight is 539 g/mol. The number of aromatic nitrogens is 1. The predicted octanol–water partition coefficient (Wildman–Crippen LogP) is 7.86. The minimum Gasteiger partial charge on any atom is -0.348 e. The Balaban J connectivity index is 1.53. The van der Waals surface area contributed by atoms with Crippen LogP contribution in [0, 0.1) is 6.92 Å². The van der Waals surface area contributed by atoms with Crippen LogP contribution in [0.5, 0.6) is 0 Å². The number of aryl methyl sites for hydroxylation is 1. The van der Waals surface area contributed by atoms with Gasteiger partial charge in [0.25, 0.3) is 0 Å². The Morgan fingerprint density at radius 2 is 1.57 bits per heavy atom. The summed E-state index contributed by atoms with van der Waals surface area (Å²) in [5.74, 6) is 0.676. The third-order valence-electron chi connectivity index (χ3n) is 7.52. The lowest BCUT2D eigenvalue weighted by Crippen LogP contribution is -2.40. The fourth-order valence-corrected chi connectivity index (χ4v) is 8.59. The molecule has 0 amide bonds. The Bertz CT molecular complexity index is 1300. The molecule has 0 unspecified atom stereocenters. The van der Waals surface area contributed by atoms with Crippen molar-refractivity contribution in [3.63, 3.8) is 0 Å². The van der Waals surface area contributed by atoms with Crippen LogP contribution in [-0.4, -0.2) is 31.7 Å². The van der Waals surface area contributed by atoms with E-state index in [9.17, 15) is 8.42 Å². The van der Waals surface area contributed by atoms with Gasteiger partial charge in [-0.15, -0.1) is 11.3 Å². The predicted molar refractivity (Wildman–Crippen MR) is 157 cm³/mol. The second-order valence-corrected chi connectivity index (χ2v) is 14.5. The van der Waals surface area contributed by atoms with Gasteiger partial charge in [-0.25, -0.2) is 13.4 Å². The molecule has 6 heteroatoms. The van der Waals surface area contributed by atoms with Crippen LogP contribution in [0.4, 0.5) is 5.13 Å². The van der Waals surface area contributed by atoms with E-state index in [1.807, 2.05) is 0 Å². The molecule has 1 saturated heterocycles. The number of sulfone groups is 1. The normalized spacial score (nSPS) is 15.4. The smallest absolute Gasteiger partial charge is 0.185 e. The topological polar surface area (TPSA) is 50.3 Å². The second-order valence-electron chi connectivity index (χ2n) is 11.5. The number of anilines is 1. The number of hydrogen-bond donors (Lipinski definition) is 0. The highest BCUT2D eigenvalue weighted by Gasteiger charge is 2.36. The first-order valence-electron chi connectivity index (χ1n) is 13.6. The van der Waals surface area contributed by atoms with E-state index in [4.69, 9.17) is 4.98 Å². The maximum absolute atomic E-state index is 14.2. The molecule has 0 aliphatic carbocycles. The summed E-state index contributed by atoms with van der Waals surface area (Å²) in [6, 6.07) is 12.9. The minimum absolute atomic E-state index is 0.156. The van der Waals surface area contributed by atoms with Crippen LogP contribution in [0.25, 0.3) is 0 Å². The quantitative estimate of drug-likeness (QED) is 0.293. The lowest BCUT2D eigenvalue weighted by Gasteiger charge is -2.33. The van der Waals surface area contributed by atoms with Crippen molar-refractivity contribution in [3.05, 3.63) is 75.3 Å². The monoisotopic (exact) mass is 538 g/mol. The molecule has 0 N–H and O–H groups in total. The van der Waals surface area contributed by atoms with E-state index in [-0.39, 0.29) is 17.1 Å². The molecule has 0 atom stereocenters. The van der Waals surface area contributed by atoms with Crippen LogP contribution in [0.3, 0.4) is 0 Å². The average Bonchev–Trinajstić information content (AvgIpc) is 3.31. The molecule has 4 nitrogen and oxygen atoms in total. The molecule has 2 aromatic carbocycles. The number of piperidine rings is 1. The lowest BCUT2D eigenvalue weighted by atomic mass is 9.89. The van der Waals surface area contributed by atoms with Crippen LogP contribution >= 0.6 is 11.3 Å². The molecule has 0 saturated carbocycles. The molecule has 4 rings (SSSR count). The Morgan fingerprint density at radius 1 is 0.946 bits per heavy atom. The van der Waals surface area contributed by atoms with E-state index in [0.29, 0.717) is 23.7 Å². The second kappa shape index (κ2) is 11.3. The maximum atomic E-state index is 14.2. The zero-order chi connectivity index (χ0) is 26.9. The molecule has 1 aromatic heterocycles. The van der Waals surface area contributed by atoms with E-state index in [1.54, 1.807) is 11.3 Å². The summed E-state index contributed by atoms with van der Waals surface area (Å²) in [5.41, 5.74) is 6.81. The number of thiazole rings is 1. The van der Waals surface area contributed by atoms with Crippen LogP contribution in [0.1, 0.15) is 106 Å². The highest BCUT2D eigenvalue weighted by Crippen LogP contribution is 2.39. The lowest BCUT2D eigenvalue weighted by molar-refractivity contribution is 0.526. The first-order valence-corrected chi connectivity index (χ1v) is 16.1. The van der Waals surface area contributed by atoms with Gasteiger partial charge < -0.3 is 4.90 Å². The van der Waals surface area contributed by atoms with Gasteiger partial charge in [0.15, 0.2) is 15.0 Å². The van der Waals surface area contributed by atoms with Crippen LogP contribution in [0.15, 0.2) is 46.7 Å². The van der Waals surface area contributed by atoms with Gasteiger partial charge >= 0.3 is 0 Å². The number of hydrogen-bond acceptors (Lipinski definition) is 5. The SMILES string of the molecule is Cc1cccc(Cc2csc(N3CCC(S(=O)(=O)c4c(C(C)C)cc(C(C)C)cc4C(C)C)CC3)n2)c1. The van der Waals surface area contributed by atoms with Crippen molar-refractivity contribution in [2.24, 2.45) is 0 Å². The molecular formula is C31H42N2O2S2. The fraction of sp³-hybridized carbons (Fsp3) is 0.516. The van der Waals surface area contributed by atoms with E-state index in [1.165, 1.54) is 16.7 Å². The standard InChI is InChI=1S/C31H42N2O2S2/c1-20(2)25-17-28(21(3)4)30(29(18-25)22(5)6)37(34,35)27-11-13-33(14-12-27)31-32-26(19-36-31)16-24-10-8-9-23(7)15-24/h8-10,15,17-22,27H,11-14,16H2,1-7H3.